The third-order valence-corrected chi connectivity index (χ3v) is 6.83. The molecule has 0 spiro atoms. The van der Waals surface area contributed by atoms with Gasteiger partial charge in [-0.1, -0.05) is 35.5 Å². The van der Waals surface area contributed by atoms with Gasteiger partial charge in [0.1, 0.15) is 11.5 Å². The van der Waals surface area contributed by atoms with Crippen LogP contribution in [0.15, 0.2) is 57.0 Å². The van der Waals surface area contributed by atoms with Crippen LogP contribution in [0.3, 0.4) is 0 Å². The Bertz CT molecular complexity index is 1610. The number of amides is 1. The zero-order valence-corrected chi connectivity index (χ0v) is 21.0. The van der Waals surface area contributed by atoms with E-state index >= 15 is 0 Å². The molecule has 3 aromatic rings. The second kappa shape index (κ2) is 10.2. The highest BCUT2D eigenvalue weighted by Gasteiger charge is 2.35. The number of alkyl halides is 6. The van der Waals surface area contributed by atoms with Crippen LogP contribution in [0.2, 0.25) is 5.02 Å². The van der Waals surface area contributed by atoms with E-state index in [4.69, 9.17) is 11.6 Å². The normalized spacial score (nSPS) is 15.5. The summed E-state index contributed by atoms with van der Waals surface area (Å²) in [6.45, 7) is -0.159. The lowest BCUT2D eigenvalue weighted by Crippen LogP contribution is -2.41. The quantitative estimate of drug-likeness (QED) is 0.393. The Hall–Kier alpha value is -3.59. The van der Waals surface area contributed by atoms with Gasteiger partial charge in [-0.15, -0.1) is 0 Å². The second-order valence-corrected chi connectivity index (χ2v) is 9.50. The molecule has 0 bridgehead atoms. The van der Waals surface area contributed by atoms with Crippen molar-refractivity contribution in [1.29, 1.82) is 0 Å². The van der Waals surface area contributed by atoms with Gasteiger partial charge in [-0.3, -0.25) is 19.1 Å². The molecule has 2 heterocycles. The Labute approximate surface area is 223 Å². The number of halogens is 8. The van der Waals surface area contributed by atoms with Gasteiger partial charge in [0.25, 0.3) is 5.56 Å². The summed E-state index contributed by atoms with van der Waals surface area (Å²) in [5.41, 5.74) is -5.97. The number of carbonyl (C=O) groups excluding carboxylic acids is 1. The van der Waals surface area contributed by atoms with Gasteiger partial charge in [0, 0.05) is 13.1 Å². The topological polar surface area (TPSA) is 76.7 Å². The molecule has 0 radical (unpaired) electrons. The second-order valence-electron chi connectivity index (χ2n) is 8.16. The molecule has 1 aliphatic heterocycles. The molecule has 4 rings (SSSR count). The van der Waals surface area contributed by atoms with Gasteiger partial charge < -0.3 is 0 Å². The molecule has 16 heteroatoms. The fourth-order valence-corrected chi connectivity index (χ4v) is 4.71. The Morgan fingerprint density at radius 1 is 0.974 bits per heavy atom. The number of hydrogen-bond acceptors (Lipinski definition) is 5. The number of amidine groups is 1. The van der Waals surface area contributed by atoms with Crippen LogP contribution in [0.1, 0.15) is 16.8 Å². The van der Waals surface area contributed by atoms with Crippen LogP contribution in [0.25, 0.3) is 5.69 Å². The van der Waals surface area contributed by atoms with Gasteiger partial charge in [-0.2, -0.15) is 26.3 Å². The SMILES string of the molecule is Cn1c(C(F)(F)F)cc(=O)n(-c2cc(N=C3SCC(=O)N3Cc3ccc(C(F)(F)F)cc3)c(Cl)cc2F)c1=O. The number of rotatable bonds is 4. The highest BCUT2D eigenvalue weighted by molar-refractivity contribution is 8.15. The van der Waals surface area contributed by atoms with Crippen molar-refractivity contribution in [1.82, 2.24) is 14.0 Å². The Balaban J connectivity index is 1.74. The molecule has 2 aromatic carbocycles. The molecule has 1 aromatic heterocycles. The zero-order chi connectivity index (χ0) is 28.9. The van der Waals surface area contributed by atoms with E-state index in [-0.39, 0.29) is 43.4 Å². The van der Waals surface area contributed by atoms with Gasteiger partial charge in [0.15, 0.2) is 5.17 Å². The van der Waals surface area contributed by atoms with E-state index in [1.54, 1.807) is 0 Å². The molecule has 7 nitrogen and oxygen atoms in total. The minimum atomic E-state index is -5.02. The smallest absolute Gasteiger partial charge is 0.292 e. The van der Waals surface area contributed by atoms with Crippen molar-refractivity contribution in [3.8, 4) is 5.69 Å². The summed E-state index contributed by atoms with van der Waals surface area (Å²) in [6, 6.07) is 5.77. The van der Waals surface area contributed by atoms with Crippen molar-refractivity contribution in [3.63, 3.8) is 0 Å². The summed E-state index contributed by atoms with van der Waals surface area (Å²) in [5, 5.41) is -0.276. The summed E-state index contributed by atoms with van der Waals surface area (Å²) >= 11 is 7.02. The third-order valence-electron chi connectivity index (χ3n) is 5.56. The van der Waals surface area contributed by atoms with E-state index in [1.165, 1.54) is 12.1 Å². The molecule has 0 saturated carbocycles. The maximum absolute atomic E-state index is 14.8. The van der Waals surface area contributed by atoms with Crippen LogP contribution in [-0.2, 0) is 30.7 Å². The Kier molecular flexibility index (Phi) is 7.42. The minimum Gasteiger partial charge on any atom is -0.292 e. The summed E-state index contributed by atoms with van der Waals surface area (Å²) in [7, 11) is 0.760. The van der Waals surface area contributed by atoms with Crippen molar-refractivity contribution in [2.24, 2.45) is 12.0 Å². The molecule has 1 saturated heterocycles. The van der Waals surface area contributed by atoms with Crippen molar-refractivity contribution in [2.75, 3.05) is 5.75 Å². The average molecular weight is 595 g/mol. The van der Waals surface area contributed by atoms with E-state index < -0.39 is 52.3 Å². The van der Waals surface area contributed by atoms with Gasteiger partial charge in [-0.25, -0.2) is 18.7 Å². The lowest BCUT2D eigenvalue weighted by Gasteiger charge is -2.17. The molecular weight excluding hydrogens is 581 g/mol. The first-order valence-electron chi connectivity index (χ1n) is 10.7. The molecule has 39 heavy (non-hydrogen) atoms. The summed E-state index contributed by atoms with van der Waals surface area (Å²) < 4.78 is 93.1. The van der Waals surface area contributed by atoms with Crippen molar-refractivity contribution < 1.29 is 35.5 Å². The molecule has 1 amide bonds. The molecule has 206 valence electrons. The van der Waals surface area contributed by atoms with E-state index in [0.717, 1.165) is 41.9 Å². The maximum Gasteiger partial charge on any atom is 0.431 e. The van der Waals surface area contributed by atoms with E-state index in [9.17, 15) is 45.1 Å². The fourth-order valence-electron chi connectivity index (χ4n) is 3.62. The number of benzene rings is 2. The molecule has 0 N–H and O–H groups in total. The summed E-state index contributed by atoms with van der Waals surface area (Å²) in [5.74, 6) is -1.73. The van der Waals surface area contributed by atoms with Gasteiger partial charge >= 0.3 is 18.0 Å². The van der Waals surface area contributed by atoms with Gasteiger partial charge in [0.2, 0.25) is 5.91 Å². The van der Waals surface area contributed by atoms with Gasteiger partial charge in [-0.05, 0) is 29.8 Å². The molecule has 0 unspecified atom stereocenters. The predicted molar refractivity (Wildman–Crippen MR) is 129 cm³/mol. The van der Waals surface area contributed by atoms with Crippen molar-refractivity contribution in [2.45, 2.75) is 18.9 Å². The molecule has 1 fully saturated rings. The van der Waals surface area contributed by atoms with Crippen molar-refractivity contribution >= 4 is 40.1 Å². The zero-order valence-electron chi connectivity index (χ0n) is 19.4. The predicted octanol–water partition coefficient (Wildman–Crippen LogP) is 5.13. The number of thioether (sulfide) groups is 1. The van der Waals surface area contributed by atoms with E-state index in [2.05, 4.69) is 4.99 Å². The third kappa shape index (κ3) is 5.73. The first-order chi connectivity index (χ1) is 18.1. The first kappa shape index (κ1) is 28.4. The number of carbonyl (C=O) groups is 1. The highest BCUT2D eigenvalue weighted by atomic mass is 35.5. The molecule has 1 aliphatic rings. The van der Waals surface area contributed by atoms with Crippen LogP contribution in [0.4, 0.5) is 36.4 Å². The summed E-state index contributed by atoms with van der Waals surface area (Å²) in [6.07, 6.45) is -9.57. The van der Waals surface area contributed by atoms with Crippen molar-refractivity contribution in [3.05, 3.63) is 91.0 Å². The molecular formula is C23H14ClF7N4O3S. The lowest BCUT2D eigenvalue weighted by molar-refractivity contribution is -0.144. The summed E-state index contributed by atoms with van der Waals surface area (Å²) in [4.78, 5) is 42.8. The lowest BCUT2D eigenvalue weighted by atomic mass is 10.1. The van der Waals surface area contributed by atoms with E-state index in [1.807, 2.05) is 0 Å². The van der Waals surface area contributed by atoms with Crippen LogP contribution in [-0.4, -0.2) is 30.9 Å². The standard InChI is InChI=1S/C23H14ClF7N4O3S/c1-33-17(23(29,30)31)8-18(36)35(21(33)38)16-7-15(13(24)6-14(16)25)32-20-34(19(37)10-39-20)9-11-2-4-12(5-3-11)22(26,27)28/h2-8H,9-10H2,1H3. The number of aromatic nitrogens is 2. The monoisotopic (exact) mass is 594 g/mol. The number of nitrogens with zero attached hydrogens (tertiary/aromatic N) is 4. The maximum atomic E-state index is 14.8. The Morgan fingerprint density at radius 3 is 2.21 bits per heavy atom. The van der Waals surface area contributed by atoms with Crippen LogP contribution < -0.4 is 11.2 Å². The molecule has 0 aliphatic carbocycles. The average Bonchev–Trinajstić information content (AvgIpc) is 3.17. The fraction of sp³-hybridized carbons (Fsp3) is 0.217. The molecule has 0 atom stereocenters. The van der Waals surface area contributed by atoms with Crippen LogP contribution in [0, 0.1) is 5.82 Å². The number of aliphatic imine (C=N–C) groups is 1. The largest absolute Gasteiger partial charge is 0.431 e. The van der Waals surface area contributed by atoms with E-state index in [0.29, 0.717) is 11.6 Å². The van der Waals surface area contributed by atoms with Crippen LogP contribution >= 0.6 is 23.4 Å². The first-order valence-corrected chi connectivity index (χ1v) is 12.0. The Morgan fingerprint density at radius 2 is 1.62 bits per heavy atom. The minimum absolute atomic E-state index is 0.0343. The van der Waals surface area contributed by atoms with Crippen LogP contribution in [0.5, 0.6) is 0 Å². The van der Waals surface area contributed by atoms with Gasteiger partial charge in [0.05, 0.1) is 34.3 Å². The highest BCUT2D eigenvalue weighted by Crippen LogP contribution is 2.34. The number of hydrogen-bond donors (Lipinski definition) is 0.